The Bertz CT molecular complexity index is 461. The summed E-state index contributed by atoms with van der Waals surface area (Å²) in [6, 6.07) is -1.69. The average molecular weight is 394 g/mol. The lowest BCUT2D eigenvalue weighted by Gasteiger charge is -2.42. The Morgan fingerprint density at radius 2 is 1.78 bits per heavy atom. The molecule has 11 nitrogen and oxygen atoms in total. The Balaban J connectivity index is 2.43. The SMILES string of the molecule is CC(=O)NC1C(OCCCCC(=O)NC(CO)CO)OC(CO)C(O)C1O. The lowest BCUT2D eigenvalue weighted by Crippen LogP contribution is -2.64. The number of ether oxygens (including phenoxy) is 2. The van der Waals surface area contributed by atoms with Gasteiger partial charge in [-0.25, -0.2) is 0 Å². The van der Waals surface area contributed by atoms with Crippen molar-refractivity contribution in [2.75, 3.05) is 26.4 Å². The van der Waals surface area contributed by atoms with Crippen LogP contribution in [0.5, 0.6) is 0 Å². The molecule has 27 heavy (non-hydrogen) atoms. The number of unbranched alkanes of at least 4 members (excludes halogenated alkanes) is 1. The van der Waals surface area contributed by atoms with Crippen molar-refractivity contribution in [2.45, 2.75) is 62.9 Å². The topological polar surface area (TPSA) is 178 Å². The highest BCUT2D eigenvalue weighted by molar-refractivity contribution is 5.76. The fraction of sp³-hybridized carbons (Fsp3) is 0.875. The number of carbonyl (C=O) groups excluding carboxylic acids is 2. The van der Waals surface area contributed by atoms with Gasteiger partial charge in [-0.2, -0.15) is 0 Å². The number of nitrogens with one attached hydrogen (secondary N) is 2. The molecule has 0 spiro atoms. The van der Waals surface area contributed by atoms with Gasteiger partial charge in [-0.1, -0.05) is 0 Å². The van der Waals surface area contributed by atoms with Crippen LogP contribution in [0.25, 0.3) is 0 Å². The van der Waals surface area contributed by atoms with Crippen molar-refractivity contribution < 1.29 is 44.6 Å². The molecule has 0 aromatic rings. The molecule has 0 radical (unpaired) electrons. The third-order valence-corrected chi connectivity index (χ3v) is 4.14. The first-order valence-corrected chi connectivity index (χ1v) is 8.86. The summed E-state index contributed by atoms with van der Waals surface area (Å²) in [7, 11) is 0. The molecule has 2 amide bonds. The standard InChI is InChI=1S/C16H30N2O9/c1-9(22)17-13-15(25)14(24)11(8-21)27-16(13)26-5-3-2-4-12(23)18-10(6-19)7-20/h10-11,13-16,19-21,24-25H,2-8H2,1H3,(H,17,22)(H,18,23). The van der Waals surface area contributed by atoms with Crippen LogP contribution in [0, 0.1) is 0 Å². The molecule has 1 saturated heterocycles. The summed E-state index contributed by atoms with van der Waals surface area (Å²) >= 11 is 0. The van der Waals surface area contributed by atoms with E-state index in [-0.39, 0.29) is 32.1 Å². The van der Waals surface area contributed by atoms with Crippen LogP contribution in [-0.4, -0.2) is 100 Å². The van der Waals surface area contributed by atoms with E-state index in [0.717, 1.165) is 0 Å². The van der Waals surface area contributed by atoms with E-state index in [9.17, 15) is 24.9 Å². The van der Waals surface area contributed by atoms with Crippen molar-refractivity contribution in [3.05, 3.63) is 0 Å². The summed E-state index contributed by atoms with van der Waals surface area (Å²) < 4.78 is 10.9. The molecule has 0 aliphatic carbocycles. The van der Waals surface area contributed by atoms with Gasteiger partial charge in [0.1, 0.15) is 24.4 Å². The van der Waals surface area contributed by atoms with Crippen LogP contribution in [0.4, 0.5) is 0 Å². The summed E-state index contributed by atoms with van der Waals surface area (Å²) in [6.45, 7) is 0.170. The molecule has 5 atom stereocenters. The highest BCUT2D eigenvalue weighted by Gasteiger charge is 2.45. The molecular weight excluding hydrogens is 364 g/mol. The first kappa shape index (κ1) is 23.7. The van der Waals surface area contributed by atoms with Gasteiger partial charge in [-0.05, 0) is 12.8 Å². The van der Waals surface area contributed by atoms with E-state index in [4.69, 9.17) is 19.7 Å². The summed E-state index contributed by atoms with van der Waals surface area (Å²) in [5, 5.41) is 52.0. The molecule has 7 N–H and O–H groups in total. The first-order chi connectivity index (χ1) is 12.8. The molecule has 1 aliphatic rings. The van der Waals surface area contributed by atoms with Crippen LogP contribution in [0.15, 0.2) is 0 Å². The van der Waals surface area contributed by atoms with Gasteiger partial charge in [-0.3, -0.25) is 9.59 Å². The molecule has 1 rings (SSSR count). The van der Waals surface area contributed by atoms with Crippen molar-refractivity contribution in [1.82, 2.24) is 10.6 Å². The van der Waals surface area contributed by atoms with Crippen LogP contribution in [0.2, 0.25) is 0 Å². The number of hydrogen-bond donors (Lipinski definition) is 7. The summed E-state index contributed by atoms with van der Waals surface area (Å²) in [5.74, 6) is -0.753. The van der Waals surface area contributed by atoms with Crippen molar-refractivity contribution in [3.63, 3.8) is 0 Å². The van der Waals surface area contributed by atoms with E-state index in [0.29, 0.717) is 12.8 Å². The van der Waals surface area contributed by atoms with Crippen LogP contribution in [0.3, 0.4) is 0 Å². The van der Waals surface area contributed by atoms with Crippen LogP contribution in [-0.2, 0) is 19.1 Å². The van der Waals surface area contributed by atoms with Gasteiger partial charge in [0.2, 0.25) is 11.8 Å². The lowest BCUT2D eigenvalue weighted by atomic mass is 9.97. The molecule has 0 aromatic heterocycles. The molecule has 1 heterocycles. The third kappa shape index (κ3) is 7.66. The second-order valence-electron chi connectivity index (χ2n) is 6.39. The molecule has 0 bridgehead atoms. The maximum absolute atomic E-state index is 11.6. The number of carbonyl (C=O) groups is 2. The molecule has 1 fully saturated rings. The van der Waals surface area contributed by atoms with Gasteiger partial charge in [-0.15, -0.1) is 0 Å². The predicted octanol–water partition coefficient (Wildman–Crippen LogP) is -3.41. The van der Waals surface area contributed by atoms with Crippen molar-refractivity contribution in [3.8, 4) is 0 Å². The zero-order chi connectivity index (χ0) is 20.4. The minimum absolute atomic E-state index is 0.151. The number of aliphatic hydroxyl groups excluding tert-OH is 5. The number of amides is 2. The minimum atomic E-state index is -1.37. The lowest BCUT2D eigenvalue weighted by molar-refractivity contribution is -0.270. The second-order valence-corrected chi connectivity index (χ2v) is 6.39. The molecule has 0 saturated carbocycles. The second kappa shape index (κ2) is 12.2. The predicted molar refractivity (Wildman–Crippen MR) is 91.3 cm³/mol. The largest absolute Gasteiger partial charge is 0.394 e. The highest BCUT2D eigenvalue weighted by Crippen LogP contribution is 2.22. The van der Waals surface area contributed by atoms with Crippen molar-refractivity contribution >= 4 is 11.8 Å². The van der Waals surface area contributed by atoms with Crippen LogP contribution < -0.4 is 10.6 Å². The smallest absolute Gasteiger partial charge is 0.220 e. The molecular formula is C16H30N2O9. The van der Waals surface area contributed by atoms with Gasteiger partial charge in [0.05, 0.1) is 25.9 Å². The Morgan fingerprint density at radius 3 is 2.33 bits per heavy atom. The van der Waals surface area contributed by atoms with E-state index >= 15 is 0 Å². The quantitative estimate of drug-likeness (QED) is 0.176. The normalized spacial score (nSPS) is 28.2. The highest BCUT2D eigenvalue weighted by atomic mass is 16.7. The molecule has 1 aliphatic heterocycles. The Morgan fingerprint density at radius 1 is 1.11 bits per heavy atom. The zero-order valence-corrected chi connectivity index (χ0v) is 15.3. The Hall–Kier alpha value is -1.34. The summed E-state index contributed by atoms with van der Waals surface area (Å²) in [6.07, 6.45) is -3.76. The first-order valence-electron chi connectivity index (χ1n) is 8.86. The zero-order valence-electron chi connectivity index (χ0n) is 15.3. The van der Waals surface area contributed by atoms with Gasteiger partial charge in [0.15, 0.2) is 6.29 Å². The van der Waals surface area contributed by atoms with E-state index in [1.807, 2.05) is 0 Å². The molecule has 0 aromatic carbocycles. The van der Waals surface area contributed by atoms with E-state index in [1.54, 1.807) is 0 Å². The molecule has 5 unspecified atom stereocenters. The minimum Gasteiger partial charge on any atom is -0.394 e. The van der Waals surface area contributed by atoms with E-state index < -0.39 is 49.2 Å². The number of aliphatic hydroxyl groups is 5. The number of rotatable bonds is 11. The van der Waals surface area contributed by atoms with Crippen LogP contribution >= 0.6 is 0 Å². The van der Waals surface area contributed by atoms with Gasteiger partial charge in [0, 0.05) is 20.0 Å². The van der Waals surface area contributed by atoms with Crippen molar-refractivity contribution in [2.24, 2.45) is 0 Å². The summed E-state index contributed by atoms with van der Waals surface area (Å²) in [5.41, 5.74) is 0. The monoisotopic (exact) mass is 394 g/mol. The molecule has 158 valence electrons. The molecule has 11 heteroatoms. The maximum Gasteiger partial charge on any atom is 0.220 e. The summed E-state index contributed by atoms with van der Waals surface area (Å²) in [4.78, 5) is 22.9. The van der Waals surface area contributed by atoms with Crippen LogP contribution in [0.1, 0.15) is 26.2 Å². The third-order valence-electron chi connectivity index (χ3n) is 4.14. The average Bonchev–Trinajstić information content (AvgIpc) is 2.64. The van der Waals surface area contributed by atoms with Gasteiger partial charge < -0.3 is 45.6 Å². The Labute approximate surface area is 157 Å². The maximum atomic E-state index is 11.6. The fourth-order valence-corrected chi connectivity index (χ4v) is 2.65. The van der Waals surface area contributed by atoms with E-state index in [1.165, 1.54) is 6.92 Å². The number of hydrogen-bond acceptors (Lipinski definition) is 9. The Kier molecular flexibility index (Phi) is 10.7. The van der Waals surface area contributed by atoms with Crippen molar-refractivity contribution in [1.29, 1.82) is 0 Å². The van der Waals surface area contributed by atoms with Gasteiger partial charge >= 0.3 is 0 Å². The van der Waals surface area contributed by atoms with E-state index in [2.05, 4.69) is 10.6 Å². The van der Waals surface area contributed by atoms with Gasteiger partial charge in [0.25, 0.3) is 0 Å². The fourth-order valence-electron chi connectivity index (χ4n) is 2.65.